The topological polar surface area (TPSA) is 78.1 Å². The summed E-state index contributed by atoms with van der Waals surface area (Å²) in [7, 11) is 0. The first-order valence-electron chi connectivity index (χ1n) is 9.65. The molecule has 0 aliphatic carbocycles. The van der Waals surface area contributed by atoms with Crippen LogP contribution >= 0.6 is 0 Å². The zero-order valence-corrected chi connectivity index (χ0v) is 16.1. The van der Waals surface area contributed by atoms with Crippen LogP contribution in [0, 0.1) is 17.6 Å². The Balaban J connectivity index is 1.35. The zero-order valence-electron chi connectivity index (χ0n) is 16.1. The van der Waals surface area contributed by atoms with Crippen LogP contribution in [-0.4, -0.2) is 40.0 Å². The molecule has 154 valence electrons. The number of nitrogens with one attached hydrogen (secondary N) is 2. The molecule has 0 unspecified atom stereocenters. The van der Waals surface area contributed by atoms with Crippen LogP contribution in [0.15, 0.2) is 54.9 Å². The van der Waals surface area contributed by atoms with Crippen LogP contribution in [0.4, 0.5) is 14.5 Å². The van der Waals surface area contributed by atoms with E-state index in [1.807, 2.05) is 24.3 Å². The summed E-state index contributed by atoms with van der Waals surface area (Å²) in [6, 6.07) is 10.4. The molecule has 1 aliphatic rings. The summed E-state index contributed by atoms with van der Waals surface area (Å²) in [6.45, 7) is 0.672. The molecule has 1 aromatic heterocycles. The predicted octanol–water partition coefficient (Wildman–Crippen LogP) is 3.85. The highest BCUT2D eigenvalue weighted by Crippen LogP contribution is 2.24. The highest BCUT2D eigenvalue weighted by Gasteiger charge is 2.29. The summed E-state index contributed by atoms with van der Waals surface area (Å²) < 4.78 is 26.9. The molecule has 0 spiro atoms. The van der Waals surface area contributed by atoms with Crippen molar-refractivity contribution in [1.29, 1.82) is 0 Å². The number of halogens is 2. The molecule has 8 heteroatoms. The van der Waals surface area contributed by atoms with E-state index in [-0.39, 0.29) is 17.4 Å². The van der Waals surface area contributed by atoms with Gasteiger partial charge in [-0.25, -0.2) is 8.78 Å². The smallest absolute Gasteiger partial charge is 0.256 e. The SMILES string of the molecule is O=C(Nc1cccc(-c2cn[nH]c2)c1)C1CCN(C(=O)c2ccc(F)cc2F)CC1. The summed E-state index contributed by atoms with van der Waals surface area (Å²) in [5, 5.41) is 9.62. The molecule has 2 aromatic carbocycles. The van der Waals surface area contributed by atoms with Gasteiger partial charge in [0, 0.05) is 42.5 Å². The largest absolute Gasteiger partial charge is 0.339 e. The number of piperidine rings is 1. The molecule has 2 heterocycles. The number of carbonyl (C=O) groups is 2. The molecule has 1 saturated heterocycles. The van der Waals surface area contributed by atoms with Gasteiger partial charge < -0.3 is 10.2 Å². The third kappa shape index (κ3) is 4.22. The molecule has 0 atom stereocenters. The number of rotatable bonds is 4. The van der Waals surface area contributed by atoms with Crippen molar-refractivity contribution >= 4 is 17.5 Å². The maximum absolute atomic E-state index is 13.9. The van der Waals surface area contributed by atoms with Crippen molar-refractivity contribution in [3.8, 4) is 11.1 Å². The highest BCUT2D eigenvalue weighted by molar-refractivity contribution is 5.95. The van der Waals surface area contributed by atoms with Crippen molar-refractivity contribution in [2.24, 2.45) is 5.92 Å². The number of nitrogens with zero attached hydrogens (tertiary/aromatic N) is 2. The van der Waals surface area contributed by atoms with Crippen LogP contribution < -0.4 is 5.32 Å². The fourth-order valence-electron chi connectivity index (χ4n) is 3.61. The summed E-state index contributed by atoms with van der Waals surface area (Å²) in [5.74, 6) is -2.45. The van der Waals surface area contributed by atoms with Gasteiger partial charge in [0.15, 0.2) is 0 Å². The van der Waals surface area contributed by atoms with Gasteiger partial charge in [-0.2, -0.15) is 5.10 Å². The van der Waals surface area contributed by atoms with E-state index in [2.05, 4.69) is 15.5 Å². The number of benzene rings is 2. The average Bonchev–Trinajstić information content (AvgIpc) is 3.29. The van der Waals surface area contributed by atoms with Crippen LogP contribution in [0.2, 0.25) is 0 Å². The molecule has 4 rings (SSSR count). The average molecular weight is 410 g/mol. The van der Waals surface area contributed by atoms with E-state index in [0.29, 0.717) is 37.7 Å². The Morgan fingerprint density at radius 2 is 1.87 bits per heavy atom. The number of carbonyl (C=O) groups excluding carboxylic acids is 2. The van der Waals surface area contributed by atoms with Gasteiger partial charge in [0.25, 0.3) is 5.91 Å². The molecule has 0 bridgehead atoms. The number of aromatic amines is 1. The Bertz CT molecular complexity index is 1060. The summed E-state index contributed by atoms with van der Waals surface area (Å²) >= 11 is 0. The molecule has 1 aliphatic heterocycles. The minimum atomic E-state index is -0.877. The van der Waals surface area contributed by atoms with E-state index in [1.54, 1.807) is 12.4 Å². The lowest BCUT2D eigenvalue weighted by molar-refractivity contribution is -0.121. The number of likely N-dealkylation sites (tertiary alicyclic amines) is 1. The van der Waals surface area contributed by atoms with Gasteiger partial charge >= 0.3 is 0 Å². The van der Waals surface area contributed by atoms with E-state index < -0.39 is 17.5 Å². The Hall–Kier alpha value is -3.55. The van der Waals surface area contributed by atoms with Crippen LogP contribution in [0.1, 0.15) is 23.2 Å². The van der Waals surface area contributed by atoms with Crippen molar-refractivity contribution in [2.75, 3.05) is 18.4 Å². The second-order valence-corrected chi connectivity index (χ2v) is 7.25. The van der Waals surface area contributed by atoms with Gasteiger partial charge in [0.2, 0.25) is 5.91 Å². The molecule has 30 heavy (non-hydrogen) atoms. The molecular formula is C22H20F2N4O2. The second kappa shape index (κ2) is 8.44. The van der Waals surface area contributed by atoms with Crippen molar-refractivity contribution in [3.05, 3.63) is 72.1 Å². The number of H-pyrrole nitrogens is 1. The summed E-state index contributed by atoms with van der Waals surface area (Å²) in [6.07, 6.45) is 4.43. The normalized spacial score (nSPS) is 14.5. The summed E-state index contributed by atoms with van der Waals surface area (Å²) in [5.41, 5.74) is 2.38. The lowest BCUT2D eigenvalue weighted by atomic mass is 9.95. The Kier molecular flexibility index (Phi) is 5.56. The lowest BCUT2D eigenvalue weighted by Gasteiger charge is -2.31. The van der Waals surface area contributed by atoms with Crippen molar-refractivity contribution in [1.82, 2.24) is 15.1 Å². The van der Waals surface area contributed by atoms with Crippen LogP contribution in [0.25, 0.3) is 11.1 Å². The van der Waals surface area contributed by atoms with E-state index in [9.17, 15) is 18.4 Å². The highest BCUT2D eigenvalue weighted by atomic mass is 19.1. The number of anilines is 1. The number of hydrogen-bond donors (Lipinski definition) is 2. The maximum Gasteiger partial charge on any atom is 0.256 e. The van der Waals surface area contributed by atoms with E-state index in [1.165, 1.54) is 4.90 Å². The molecule has 2 N–H and O–H groups in total. The number of aromatic nitrogens is 2. The third-order valence-corrected chi connectivity index (χ3v) is 5.28. The third-order valence-electron chi connectivity index (χ3n) is 5.28. The first-order valence-corrected chi connectivity index (χ1v) is 9.65. The van der Waals surface area contributed by atoms with Crippen molar-refractivity contribution in [3.63, 3.8) is 0 Å². The Morgan fingerprint density at radius 3 is 2.57 bits per heavy atom. The molecule has 2 amide bonds. The molecule has 6 nitrogen and oxygen atoms in total. The maximum atomic E-state index is 13.9. The van der Waals surface area contributed by atoms with Crippen molar-refractivity contribution < 1.29 is 18.4 Å². The molecule has 0 radical (unpaired) electrons. The zero-order chi connectivity index (χ0) is 21.1. The minimum Gasteiger partial charge on any atom is -0.339 e. The molecular weight excluding hydrogens is 390 g/mol. The van der Waals surface area contributed by atoms with Crippen molar-refractivity contribution in [2.45, 2.75) is 12.8 Å². The molecule has 1 fully saturated rings. The minimum absolute atomic E-state index is 0.112. The van der Waals surface area contributed by atoms with E-state index in [4.69, 9.17) is 0 Å². The molecule has 3 aromatic rings. The summed E-state index contributed by atoms with van der Waals surface area (Å²) in [4.78, 5) is 26.7. The molecule has 0 saturated carbocycles. The van der Waals surface area contributed by atoms with Gasteiger partial charge in [-0.15, -0.1) is 0 Å². The fourth-order valence-corrected chi connectivity index (χ4v) is 3.61. The Labute approximate surface area is 171 Å². The standard InChI is InChI=1S/C22H20F2N4O2/c23-17-4-5-19(20(24)11-17)22(30)28-8-6-14(7-9-28)21(29)27-18-3-1-2-15(10-18)16-12-25-26-13-16/h1-5,10-14H,6-9H2,(H,25,26)(H,27,29). The first kappa shape index (κ1) is 19.8. The van der Waals surface area contributed by atoms with Gasteiger partial charge in [0.1, 0.15) is 11.6 Å². The van der Waals surface area contributed by atoms with Crippen LogP contribution in [0.5, 0.6) is 0 Å². The van der Waals surface area contributed by atoms with Gasteiger partial charge in [-0.1, -0.05) is 12.1 Å². The van der Waals surface area contributed by atoms with E-state index in [0.717, 1.165) is 23.3 Å². The van der Waals surface area contributed by atoms with Crippen LogP contribution in [0.3, 0.4) is 0 Å². The first-order chi connectivity index (χ1) is 14.5. The van der Waals surface area contributed by atoms with Crippen LogP contribution in [-0.2, 0) is 4.79 Å². The predicted molar refractivity (Wildman–Crippen MR) is 108 cm³/mol. The van der Waals surface area contributed by atoms with Gasteiger partial charge in [-0.05, 0) is 42.7 Å². The van der Waals surface area contributed by atoms with Gasteiger partial charge in [0.05, 0.1) is 11.8 Å². The van der Waals surface area contributed by atoms with E-state index >= 15 is 0 Å². The van der Waals surface area contributed by atoms with Gasteiger partial charge in [-0.3, -0.25) is 14.7 Å². The monoisotopic (exact) mass is 410 g/mol. The number of amides is 2. The number of hydrogen-bond acceptors (Lipinski definition) is 3. The second-order valence-electron chi connectivity index (χ2n) is 7.25. The fraction of sp³-hybridized carbons (Fsp3) is 0.227. The Morgan fingerprint density at radius 1 is 1.07 bits per heavy atom. The lowest BCUT2D eigenvalue weighted by Crippen LogP contribution is -2.41. The quantitative estimate of drug-likeness (QED) is 0.686.